The van der Waals surface area contributed by atoms with Gasteiger partial charge in [-0.05, 0) is 0 Å². The molecule has 0 aromatic heterocycles. The zero-order valence-electron chi connectivity index (χ0n) is 8.03. The van der Waals surface area contributed by atoms with E-state index < -0.39 is 0 Å². The van der Waals surface area contributed by atoms with Crippen LogP contribution in [0.2, 0.25) is 0 Å². The van der Waals surface area contributed by atoms with E-state index in [9.17, 15) is 0 Å². The maximum absolute atomic E-state index is 7.42. The molecule has 3 nitrogen and oxygen atoms in total. The Bertz CT molecular complexity index is 78.5. The van der Waals surface area contributed by atoms with Crippen LogP contribution in [0, 0.1) is 12.8 Å². The second-order valence-electron chi connectivity index (χ2n) is 2.65. The van der Waals surface area contributed by atoms with E-state index >= 15 is 0 Å². The van der Waals surface area contributed by atoms with Crippen molar-refractivity contribution in [3.8, 4) is 0 Å². The van der Waals surface area contributed by atoms with Crippen molar-refractivity contribution in [2.24, 2.45) is 5.92 Å². The largest absolute Gasteiger partial charge is 2.00 e. The Morgan fingerprint density at radius 2 is 1.62 bits per heavy atom. The van der Waals surface area contributed by atoms with E-state index in [-0.39, 0.29) is 65.3 Å². The van der Waals surface area contributed by atoms with Gasteiger partial charge in [-0.1, -0.05) is 25.7 Å². The zero-order valence-corrected chi connectivity index (χ0v) is 13.1. The van der Waals surface area contributed by atoms with Crippen LogP contribution in [0.4, 0.5) is 0 Å². The van der Waals surface area contributed by atoms with Gasteiger partial charge in [-0.25, -0.2) is 0 Å². The fraction of sp³-hybridized carbons (Fsp3) is 0.875. The van der Waals surface area contributed by atoms with Crippen LogP contribution in [0.1, 0.15) is 25.7 Å². The molecule has 0 spiro atoms. The fourth-order valence-electron chi connectivity index (χ4n) is 1.21. The van der Waals surface area contributed by atoms with Crippen molar-refractivity contribution >= 4 is 0 Å². The van der Waals surface area contributed by atoms with E-state index in [0.717, 1.165) is 13.5 Å². The van der Waals surface area contributed by atoms with Crippen LogP contribution in [-0.2, 0) is 53.8 Å². The number of nitrogens with one attached hydrogen (secondary N) is 1. The van der Waals surface area contributed by atoms with Gasteiger partial charge in [0, 0.05) is 39.8 Å². The predicted molar refractivity (Wildman–Crippen MR) is 47.2 cm³/mol. The smallest absolute Gasteiger partial charge is 0.677 e. The van der Waals surface area contributed by atoms with Crippen LogP contribution < -0.4 is 0 Å². The first-order valence-electron chi connectivity index (χ1n) is 3.79. The van der Waals surface area contributed by atoms with Gasteiger partial charge in [-0.15, -0.1) is 0 Å². The van der Waals surface area contributed by atoms with Crippen LogP contribution in [0.5, 0.6) is 0 Å². The van der Waals surface area contributed by atoms with Gasteiger partial charge in [-0.3, -0.25) is 0 Å². The van der Waals surface area contributed by atoms with E-state index in [1.165, 1.54) is 19.3 Å². The molecule has 0 aromatic carbocycles. The number of aliphatic hydroxyl groups excluding tert-OH is 1. The first-order chi connectivity index (χ1) is 4.80. The van der Waals surface area contributed by atoms with Crippen molar-refractivity contribution in [3.05, 3.63) is 12.7 Å². The number of hydrogen-bond acceptors (Lipinski definition) is 1. The van der Waals surface area contributed by atoms with Gasteiger partial charge in [0.15, 0.2) is 0 Å². The Morgan fingerprint density at radius 3 is 1.85 bits per heavy atom. The Balaban J connectivity index is -0.0000000761. The summed E-state index contributed by atoms with van der Waals surface area (Å²) in [4.78, 5) is 0. The Labute approximate surface area is 121 Å². The second-order valence-corrected chi connectivity index (χ2v) is 2.65. The normalized spacial score (nSPS) is 24.9. The van der Waals surface area contributed by atoms with Crippen molar-refractivity contribution in [1.82, 2.24) is 0 Å². The van der Waals surface area contributed by atoms with Crippen molar-refractivity contribution < 1.29 is 64.4 Å². The molecule has 0 aromatic rings. The monoisotopic (exact) mass is 445 g/mol. The molecule has 0 bridgehead atoms. The number of rotatable bonds is 0. The summed E-state index contributed by atoms with van der Waals surface area (Å²) in [7, 11) is 1.00. The Hall–Kier alpha value is 1.67. The third kappa shape index (κ3) is 11.6. The third-order valence-corrected chi connectivity index (χ3v) is 1.91. The summed E-state index contributed by atoms with van der Waals surface area (Å²) >= 11 is 0. The molecule has 1 radical (unpaired) electrons. The average Bonchev–Trinajstić information content (AvgIpc) is 2.00. The van der Waals surface area contributed by atoms with Crippen LogP contribution in [0.15, 0.2) is 0 Å². The van der Waals surface area contributed by atoms with Gasteiger partial charge in [0.2, 0.25) is 0 Å². The van der Waals surface area contributed by atoms with Gasteiger partial charge >= 0.3 is 21.1 Å². The molecule has 13 heavy (non-hydrogen) atoms. The molecular weight excluding hydrogens is 426 g/mol. The maximum atomic E-state index is 7.42. The molecule has 2 unspecified atom stereocenters. The van der Waals surface area contributed by atoms with Gasteiger partial charge in [-0.2, -0.15) is 12.0 Å². The summed E-state index contributed by atoms with van der Waals surface area (Å²) in [5.41, 5.74) is 7.42. The number of aliphatic hydroxyl groups is 1. The quantitative estimate of drug-likeness (QED) is 0.560. The minimum absolute atomic E-state index is 0. The first-order valence-corrected chi connectivity index (χ1v) is 3.79. The van der Waals surface area contributed by atoms with Gasteiger partial charge < -0.3 is 23.2 Å². The molecule has 0 saturated heterocycles. The average molecular weight is 445 g/mol. The van der Waals surface area contributed by atoms with Crippen LogP contribution >= 0.6 is 0 Å². The molecule has 81 valence electrons. The van der Waals surface area contributed by atoms with Crippen molar-refractivity contribution in [2.75, 3.05) is 7.11 Å². The summed E-state index contributed by atoms with van der Waals surface area (Å²) in [5.74, 6) is 0.420. The Morgan fingerprint density at radius 1 is 1.23 bits per heavy atom. The molecule has 0 aliphatic heterocycles. The van der Waals surface area contributed by atoms with E-state index in [1.54, 1.807) is 0 Å². The van der Waals surface area contributed by atoms with Crippen molar-refractivity contribution in [2.45, 2.75) is 31.7 Å². The second kappa shape index (κ2) is 16.1. The Kier molecular flexibility index (Phi) is 29.9. The van der Waals surface area contributed by atoms with Gasteiger partial charge in [0.25, 0.3) is 0 Å². The molecule has 1 rings (SSSR count). The van der Waals surface area contributed by atoms with Gasteiger partial charge in [0.05, 0.1) is 0 Å². The first kappa shape index (κ1) is 24.1. The minimum Gasteiger partial charge on any atom is -0.677 e. The molecule has 0 amide bonds. The van der Waals surface area contributed by atoms with E-state index in [0.29, 0.717) is 5.92 Å². The molecule has 0 heterocycles. The van der Waals surface area contributed by atoms with E-state index in [1.807, 2.05) is 0 Å². The summed E-state index contributed by atoms with van der Waals surface area (Å²) in [6.07, 6.45) is 4.80. The van der Waals surface area contributed by atoms with Crippen LogP contribution in [0.25, 0.3) is 5.73 Å². The summed E-state index contributed by atoms with van der Waals surface area (Å²) in [6.45, 7) is 3.89. The predicted octanol–water partition coefficient (Wildman–Crippen LogP) is 1.21. The van der Waals surface area contributed by atoms with E-state index in [4.69, 9.17) is 10.8 Å². The third-order valence-electron chi connectivity index (χ3n) is 1.91. The summed E-state index contributed by atoms with van der Waals surface area (Å²) < 4.78 is 0. The summed E-state index contributed by atoms with van der Waals surface area (Å²) in [5, 5.41) is 7.00. The van der Waals surface area contributed by atoms with Crippen LogP contribution in [0.3, 0.4) is 0 Å². The molecule has 1 fully saturated rings. The molecule has 5 heteroatoms. The fourth-order valence-corrected chi connectivity index (χ4v) is 1.21. The molecule has 1 aliphatic carbocycles. The van der Waals surface area contributed by atoms with E-state index in [2.05, 4.69) is 6.92 Å². The standard InChI is InChI=1S/C7H13N.CH4O.H2O.Pt.Y/c1-6-4-2-3-5-7(6)8;1-2;;;/h6-8H,1-5H2;2H,1H3;1H2;;/q-2;;;+2;. The molecule has 2 atom stereocenters. The minimum atomic E-state index is 0. The van der Waals surface area contributed by atoms with Crippen molar-refractivity contribution in [1.29, 1.82) is 0 Å². The van der Waals surface area contributed by atoms with Gasteiger partial charge in [0.1, 0.15) is 0 Å². The van der Waals surface area contributed by atoms with Crippen molar-refractivity contribution in [3.63, 3.8) is 0 Å². The topological polar surface area (TPSA) is 75.5 Å². The zero-order chi connectivity index (χ0) is 7.98. The SMILES string of the molecule is CO.O.[CH2-]C1CCCCC1[NH-].[Pt+2].[Y]. The number of hydrogen-bond donors (Lipinski definition) is 1. The molecule has 1 saturated carbocycles. The molecule has 1 aliphatic rings. The summed E-state index contributed by atoms with van der Waals surface area (Å²) in [6, 6.07) is 0.142. The van der Waals surface area contributed by atoms with Crippen LogP contribution in [-0.4, -0.2) is 23.7 Å². The molecular formula is C8H19NO2PtY. The maximum Gasteiger partial charge on any atom is 2.00 e. The molecule has 4 N–H and O–H groups in total.